The highest BCUT2D eigenvalue weighted by molar-refractivity contribution is 6.32. The minimum Gasteiger partial charge on any atom is -0.506 e. The molecule has 0 radical (unpaired) electrons. The van der Waals surface area contributed by atoms with Gasteiger partial charge in [0.1, 0.15) is 22.5 Å². The highest BCUT2D eigenvalue weighted by Crippen LogP contribution is 2.25. The molecule has 0 amide bonds. The first-order valence-corrected chi connectivity index (χ1v) is 6.25. The Kier molecular flexibility index (Phi) is 2.68. The van der Waals surface area contributed by atoms with Crippen LogP contribution in [0.1, 0.15) is 11.1 Å². The van der Waals surface area contributed by atoms with Gasteiger partial charge in [-0.05, 0) is 49.2 Å². The lowest BCUT2D eigenvalue weighted by molar-refractivity contribution is 0.467. The van der Waals surface area contributed by atoms with Crippen LogP contribution in [0.15, 0.2) is 30.3 Å². The molecule has 0 spiro atoms. The summed E-state index contributed by atoms with van der Waals surface area (Å²) in [5.74, 6) is 0.147. The number of benzene rings is 2. The number of halogens is 1. The fourth-order valence-corrected chi connectivity index (χ4v) is 2.10. The number of phenols is 1. The van der Waals surface area contributed by atoms with E-state index in [4.69, 9.17) is 11.6 Å². The molecule has 3 rings (SSSR count). The van der Waals surface area contributed by atoms with E-state index in [1.54, 1.807) is 12.1 Å². The molecule has 0 atom stereocenters. The van der Waals surface area contributed by atoms with Gasteiger partial charge in [0.05, 0.1) is 0 Å². The van der Waals surface area contributed by atoms with Crippen LogP contribution in [0.25, 0.3) is 16.7 Å². The van der Waals surface area contributed by atoms with E-state index >= 15 is 0 Å². The third kappa shape index (κ3) is 2.04. The van der Waals surface area contributed by atoms with E-state index in [2.05, 4.69) is 10.2 Å². The van der Waals surface area contributed by atoms with Crippen LogP contribution in [0.4, 0.5) is 0 Å². The maximum atomic E-state index is 9.90. The molecule has 0 unspecified atom stereocenters. The summed E-state index contributed by atoms with van der Waals surface area (Å²) in [6, 6.07) is 8.97. The number of phenolic OH excluding ortho intramolecular Hbond substituents is 1. The van der Waals surface area contributed by atoms with Crippen LogP contribution in [-0.4, -0.2) is 20.1 Å². The Labute approximate surface area is 115 Å². The van der Waals surface area contributed by atoms with Crippen molar-refractivity contribution < 1.29 is 5.11 Å². The second-order valence-corrected chi connectivity index (χ2v) is 4.98. The lowest BCUT2D eigenvalue weighted by Crippen LogP contribution is -1.99. The van der Waals surface area contributed by atoms with Gasteiger partial charge in [0, 0.05) is 5.02 Å². The molecule has 0 saturated heterocycles. The van der Waals surface area contributed by atoms with Crippen molar-refractivity contribution in [3.05, 3.63) is 46.5 Å². The maximum absolute atomic E-state index is 9.90. The minimum absolute atomic E-state index is 0.147. The van der Waals surface area contributed by atoms with E-state index in [1.807, 2.05) is 32.0 Å². The third-order valence-electron chi connectivity index (χ3n) is 3.01. The van der Waals surface area contributed by atoms with Gasteiger partial charge in [0.25, 0.3) is 0 Å². The fourth-order valence-electron chi connectivity index (χ4n) is 1.94. The smallest absolute Gasteiger partial charge is 0.143 e. The molecule has 2 aromatic carbocycles. The standard InChI is InChI=1S/C14H12ClN3O/c1-8-3-4-14(19)13(5-8)18-16-11-6-9(2)10(15)7-12(11)17-18/h3-7,19H,1-2H3. The largest absolute Gasteiger partial charge is 0.506 e. The zero-order chi connectivity index (χ0) is 13.6. The van der Waals surface area contributed by atoms with Gasteiger partial charge in [-0.15, -0.1) is 15.0 Å². The summed E-state index contributed by atoms with van der Waals surface area (Å²) in [7, 11) is 0. The van der Waals surface area contributed by atoms with Gasteiger partial charge in [-0.3, -0.25) is 0 Å². The number of hydrogen-bond donors (Lipinski definition) is 1. The van der Waals surface area contributed by atoms with Crippen molar-refractivity contribution in [3.8, 4) is 11.4 Å². The van der Waals surface area contributed by atoms with Crippen molar-refractivity contribution in [3.63, 3.8) is 0 Å². The van der Waals surface area contributed by atoms with Crippen LogP contribution in [-0.2, 0) is 0 Å². The average Bonchev–Trinajstić information content (AvgIpc) is 2.75. The number of fused-ring (bicyclic) bond motifs is 1. The lowest BCUT2D eigenvalue weighted by atomic mass is 10.2. The van der Waals surface area contributed by atoms with Gasteiger partial charge in [0.15, 0.2) is 0 Å². The molecule has 0 aliphatic carbocycles. The summed E-state index contributed by atoms with van der Waals surface area (Å²) in [5, 5.41) is 19.3. The Balaban J connectivity index is 2.23. The minimum atomic E-state index is 0.147. The molecular formula is C14H12ClN3O. The Bertz CT molecular complexity index is 741. The molecular weight excluding hydrogens is 262 g/mol. The van der Waals surface area contributed by atoms with Crippen molar-refractivity contribution >= 4 is 22.6 Å². The first-order valence-electron chi connectivity index (χ1n) is 5.88. The number of hydrogen-bond acceptors (Lipinski definition) is 3. The number of rotatable bonds is 1. The molecule has 1 N–H and O–H groups in total. The normalized spacial score (nSPS) is 11.1. The molecule has 0 fully saturated rings. The molecule has 5 heteroatoms. The van der Waals surface area contributed by atoms with E-state index in [0.717, 1.165) is 16.6 Å². The number of aromatic nitrogens is 3. The summed E-state index contributed by atoms with van der Waals surface area (Å²) < 4.78 is 0. The van der Waals surface area contributed by atoms with Crippen LogP contribution in [0.3, 0.4) is 0 Å². The van der Waals surface area contributed by atoms with Gasteiger partial charge < -0.3 is 5.11 Å². The van der Waals surface area contributed by atoms with Gasteiger partial charge in [-0.2, -0.15) is 0 Å². The molecule has 0 aliphatic rings. The molecule has 4 nitrogen and oxygen atoms in total. The summed E-state index contributed by atoms with van der Waals surface area (Å²) in [5.41, 5.74) is 4.00. The molecule has 0 bridgehead atoms. The maximum Gasteiger partial charge on any atom is 0.143 e. The predicted octanol–water partition coefficient (Wildman–Crippen LogP) is 3.40. The van der Waals surface area contributed by atoms with E-state index in [-0.39, 0.29) is 5.75 Å². The second kappa shape index (κ2) is 4.24. The fraction of sp³-hybridized carbons (Fsp3) is 0.143. The Hall–Kier alpha value is -2.07. The molecule has 96 valence electrons. The van der Waals surface area contributed by atoms with Crippen molar-refractivity contribution in [2.24, 2.45) is 0 Å². The molecule has 1 heterocycles. The second-order valence-electron chi connectivity index (χ2n) is 4.57. The monoisotopic (exact) mass is 273 g/mol. The lowest BCUT2D eigenvalue weighted by Gasteiger charge is -2.03. The topological polar surface area (TPSA) is 50.9 Å². The predicted molar refractivity (Wildman–Crippen MR) is 75.0 cm³/mol. The van der Waals surface area contributed by atoms with Crippen LogP contribution < -0.4 is 0 Å². The van der Waals surface area contributed by atoms with Crippen LogP contribution in [0, 0.1) is 13.8 Å². The summed E-state index contributed by atoms with van der Waals surface area (Å²) >= 11 is 6.07. The van der Waals surface area contributed by atoms with Crippen LogP contribution in [0.5, 0.6) is 5.75 Å². The first-order chi connectivity index (χ1) is 9.04. The Morgan fingerprint density at radius 1 is 1.05 bits per heavy atom. The number of aromatic hydroxyl groups is 1. The quantitative estimate of drug-likeness (QED) is 0.739. The van der Waals surface area contributed by atoms with Crippen molar-refractivity contribution in [2.45, 2.75) is 13.8 Å². The highest BCUT2D eigenvalue weighted by atomic mass is 35.5. The average molecular weight is 274 g/mol. The van der Waals surface area contributed by atoms with E-state index in [9.17, 15) is 5.11 Å². The van der Waals surface area contributed by atoms with E-state index < -0.39 is 0 Å². The van der Waals surface area contributed by atoms with E-state index in [0.29, 0.717) is 16.2 Å². The van der Waals surface area contributed by atoms with Crippen LogP contribution in [0.2, 0.25) is 5.02 Å². The SMILES string of the molecule is Cc1ccc(O)c(-n2nc3cc(C)c(Cl)cc3n2)c1. The summed E-state index contributed by atoms with van der Waals surface area (Å²) in [6.07, 6.45) is 0. The zero-order valence-electron chi connectivity index (χ0n) is 10.6. The van der Waals surface area contributed by atoms with Gasteiger partial charge >= 0.3 is 0 Å². The molecule has 0 aliphatic heterocycles. The molecule has 1 aromatic heterocycles. The summed E-state index contributed by atoms with van der Waals surface area (Å²) in [6.45, 7) is 3.87. The highest BCUT2D eigenvalue weighted by Gasteiger charge is 2.10. The molecule has 3 aromatic rings. The third-order valence-corrected chi connectivity index (χ3v) is 3.41. The van der Waals surface area contributed by atoms with Crippen LogP contribution >= 0.6 is 11.6 Å². The number of nitrogens with zero attached hydrogens (tertiary/aromatic N) is 3. The van der Waals surface area contributed by atoms with Crippen molar-refractivity contribution in [1.82, 2.24) is 15.0 Å². The van der Waals surface area contributed by atoms with Crippen molar-refractivity contribution in [1.29, 1.82) is 0 Å². The Morgan fingerprint density at radius 3 is 2.47 bits per heavy atom. The van der Waals surface area contributed by atoms with Gasteiger partial charge in [-0.25, -0.2) is 0 Å². The first kappa shape index (κ1) is 12.0. The van der Waals surface area contributed by atoms with Gasteiger partial charge in [0.2, 0.25) is 0 Å². The number of aryl methyl sites for hydroxylation is 2. The Morgan fingerprint density at radius 2 is 1.74 bits per heavy atom. The molecule has 0 saturated carbocycles. The molecule has 19 heavy (non-hydrogen) atoms. The van der Waals surface area contributed by atoms with Gasteiger partial charge in [-0.1, -0.05) is 17.7 Å². The summed E-state index contributed by atoms with van der Waals surface area (Å²) in [4.78, 5) is 1.43. The van der Waals surface area contributed by atoms with Crippen molar-refractivity contribution in [2.75, 3.05) is 0 Å². The van der Waals surface area contributed by atoms with E-state index in [1.165, 1.54) is 4.80 Å². The zero-order valence-corrected chi connectivity index (χ0v) is 11.3.